The van der Waals surface area contributed by atoms with Gasteiger partial charge in [-0.2, -0.15) is 0 Å². The Hall–Kier alpha value is 0.580. The molecule has 0 bridgehead atoms. The molecule has 0 aromatic heterocycles. The summed E-state index contributed by atoms with van der Waals surface area (Å²) in [7, 11) is -4.12. The average Bonchev–Trinajstić information content (AvgIpc) is 2.03. The monoisotopic (exact) mass is 214 g/mol. The van der Waals surface area contributed by atoms with Crippen LogP contribution in [-0.2, 0) is 14.9 Å². The third kappa shape index (κ3) is 4.08. The maximum absolute atomic E-state index is 10.5. The molecular weight excluding hydrogens is 203 g/mol. The summed E-state index contributed by atoms with van der Waals surface area (Å²) in [6.07, 6.45) is 2.60. The third-order valence-electron chi connectivity index (χ3n) is 2.32. The Balaban J connectivity index is 0.00000144. The summed E-state index contributed by atoms with van der Waals surface area (Å²) in [5, 5.41) is -0.756. The molecule has 0 N–H and O–H groups in total. The summed E-state index contributed by atoms with van der Waals surface area (Å²) in [5.74, 6) is -0.0389. The van der Waals surface area contributed by atoms with Gasteiger partial charge in [-0.15, -0.1) is 0 Å². The molecule has 70 valence electrons. The zero-order chi connectivity index (χ0) is 9.19. The van der Waals surface area contributed by atoms with Crippen molar-refractivity contribution in [2.45, 2.75) is 30.9 Å². The van der Waals surface area contributed by atoms with Crippen LogP contribution in [0.15, 0.2) is 0 Å². The van der Waals surface area contributed by atoms with Crippen molar-refractivity contribution in [1.29, 1.82) is 0 Å². The van der Waals surface area contributed by atoms with E-state index in [-0.39, 0.29) is 35.5 Å². The van der Waals surface area contributed by atoms with Gasteiger partial charge >= 0.3 is 29.6 Å². The van der Waals surface area contributed by atoms with Crippen molar-refractivity contribution in [3.63, 3.8) is 0 Å². The molecular formula is C7H11NaO4S. The van der Waals surface area contributed by atoms with E-state index in [1.54, 1.807) is 0 Å². The SMILES string of the molecule is O=CC1CCC(S(=O)(=O)[O-])CC1.[Na+]. The van der Waals surface area contributed by atoms with Gasteiger partial charge in [0.1, 0.15) is 6.29 Å². The largest absolute Gasteiger partial charge is 1.00 e. The van der Waals surface area contributed by atoms with E-state index in [0.29, 0.717) is 25.7 Å². The van der Waals surface area contributed by atoms with Gasteiger partial charge in [-0.05, 0) is 25.7 Å². The molecule has 0 aromatic carbocycles. The first-order valence-corrected chi connectivity index (χ1v) is 5.41. The Labute approximate surface area is 100 Å². The van der Waals surface area contributed by atoms with Gasteiger partial charge in [0.25, 0.3) is 0 Å². The van der Waals surface area contributed by atoms with Gasteiger partial charge in [-0.3, -0.25) is 0 Å². The minimum absolute atomic E-state index is 0. The molecule has 0 aliphatic heterocycles. The summed E-state index contributed by atoms with van der Waals surface area (Å²) in [5.41, 5.74) is 0. The minimum atomic E-state index is -4.12. The standard InChI is InChI=1S/C7H12O4S.Na/c8-5-6-1-3-7(4-2-6)12(9,10)11;/h5-7H,1-4H2,(H,9,10,11);/q;+1/p-1. The fraction of sp³-hybridized carbons (Fsp3) is 0.857. The van der Waals surface area contributed by atoms with Crippen LogP contribution in [0.3, 0.4) is 0 Å². The number of carbonyl (C=O) groups excluding carboxylic acids is 1. The Morgan fingerprint density at radius 2 is 1.62 bits per heavy atom. The van der Waals surface area contributed by atoms with Gasteiger partial charge < -0.3 is 9.35 Å². The maximum atomic E-state index is 10.5. The van der Waals surface area contributed by atoms with Gasteiger partial charge in [-0.1, -0.05) is 0 Å². The molecule has 1 rings (SSSR count). The van der Waals surface area contributed by atoms with E-state index in [0.717, 1.165) is 6.29 Å². The second kappa shape index (κ2) is 5.46. The first-order valence-electron chi connectivity index (χ1n) is 3.94. The number of hydrogen-bond donors (Lipinski definition) is 0. The quantitative estimate of drug-likeness (QED) is 0.285. The summed E-state index contributed by atoms with van der Waals surface area (Å²) >= 11 is 0. The van der Waals surface area contributed by atoms with Crippen molar-refractivity contribution < 1.29 is 47.3 Å². The van der Waals surface area contributed by atoms with Crippen LogP contribution in [0, 0.1) is 5.92 Å². The Morgan fingerprint density at radius 3 is 1.92 bits per heavy atom. The molecule has 6 heteroatoms. The summed E-state index contributed by atoms with van der Waals surface area (Å²) < 4.78 is 31.6. The van der Waals surface area contributed by atoms with Crippen LogP contribution >= 0.6 is 0 Å². The number of carbonyl (C=O) groups is 1. The van der Waals surface area contributed by atoms with Gasteiger partial charge in [0.2, 0.25) is 0 Å². The van der Waals surface area contributed by atoms with E-state index < -0.39 is 15.4 Å². The summed E-state index contributed by atoms with van der Waals surface area (Å²) in [6, 6.07) is 0. The van der Waals surface area contributed by atoms with Gasteiger partial charge in [0.05, 0.1) is 10.1 Å². The fourth-order valence-electron chi connectivity index (χ4n) is 1.51. The topological polar surface area (TPSA) is 74.3 Å². The molecule has 0 spiro atoms. The summed E-state index contributed by atoms with van der Waals surface area (Å²) in [4.78, 5) is 10.3. The molecule has 1 fully saturated rings. The van der Waals surface area contributed by atoms with Gasteiger partial charge in [0, 0.05) is 11.2 Å². The van der Waals surface area contributed by atoms with Crippen LogP contribution in [0.25, 0.3) is 0 Å². The van der Waals surface area contributed by atoms with Gasteiger partial charge in [-0.25, -0.2) is 8.42 Å². The fourth-order valence-corrected chi connectivity index (χ4v) is 2.36. The van der Waals surface area contributed by atoms with E-state index in [1.165, 1.54) is 0 Å². The molecule has 0 radical (unpaired) electrons. The molecule has 4 nitrogen and oxygen atoms in total. The predicted octanol–water partition coefficient (Wildman–Crippen LogP) is -2.71. The molecule has 1 aliphatic rings. The molecule has 1 aliphatic carbocycles. The van der Waals surface area contributed by atoms with Crippen molar-refractivity contribution in [2.24, 2.45) is 5.92 Å². The molecule has 0 saturated heterocycles. The molecule has 0 unspecified atom stereocenters. The zero-order valence-corrected chi connectivity index (χ0v) is 10.4. The van der Waals surface area contributed by atoms with E-state index in [2.05, 4.69) is 0 Å². The normalized spacial score (nSPS) is 29.0. The van der Waals surface area contributed by atoms with E-state index in [9.17, 15) is 17.8 Å². The van der Waals surface area contributed by atoms with Crippen molar-refractivity contribution in [1.82, 2.24) is 0 Å². The average molecular weight is 214 g/mol. The Morgan fingerprint density at radius 1 is 1.15 bits per heavy atom. The van der Waals surface area contributed by atoms with Crippen LogP contribution in [0.5, 0.6) is 0 Å². The molecule has 1 saturated carbocycles. The number of aldehydes is 1. The van der Waals surface area contributed by atoms with Crippen LogP contribution in [-0.4, -0.2) is 24.5 Å². The predicted molar refractivity (Wildman–Crippen MR) is 41.5 cm³/mol. The van der Waals surface area contributed by atoms with E-state index >= 15 is 0 Å². The van der Waals surface area contributed by atoms with Crippen molar-refractivity contribution in [3.8, 4) is 0 Å². The third-order valence-corrected chi connectivity index (χ3v) is 3.61. The molecule has 0 amide bonds. The molecule has 13 heavy (non-hydrogen) atoms. The Bertz CT molecular complexity index is 254. The Kier molecular flexibility index (Phi) is 5.70. The van der Waals surface area contributed by atoms with Crippen LogP contribution in [0.1, 0.15) is 25.7 Å². The second-order valence-corrected chi connectivity index (χ2v) is 4.82. The van der Waals surface area contributed by atoms with Crippen molar-refractivity contribution in [3.05, 3.63) is 0 Å². The van der Waals surface area contributed by atoms with E-state index in [4.69, 9.17) is 0 Å². The van der Waals surface area contributed by atoms with Crippen LogP contribution in [0.2, 0.25) is 0 Å². The minimum Gasteiger partial charge on any atom is -0.748 e. The van der Waals surface area contributed by atoms with Crippen molar-refractivity contribution >= 4 is 16.4 Å². The number of rotatable bonds is 2. The van der Waals surface area contributed by atoms with Crippen LogP contribution in [0.4, 0.5) is 0 Å². The first-order chi connectivity index (χ1) is 5.54. The molecule has 0 atom stereocenters. The summed E-state index contributed by atoms with van der Waals surface area (Å²) in [6.45, 7) is 0. The van der Waals surface area contributed by atoms with Crippen LogP contribution < -0.4 is 29.6 Å². The molecule has 0 aromatic rings. The number of hydrogen-bond acceptors (Lipinski definition) is 4. The van der Waals surface area contributed by atoms with Gasteiger partial charge in [0.15, 0.2) is 0 Å². The second-order valence-electron chi connectivity index (χ2n) is 3.17. The first kappa shape index (κ1) is 13.6. The maximum Gasteiger partial charge on any atom is 1.00 e. The van der Waals surface area contributed by atoms with E-state index in [1.807, 2.05) is 0 Å². The van der Waals surface area contributed by atoms with Crippen molar-refractivity contribution in [2.75, 3.05) is 0 Å². The smallest absolute Gasteiger partial charge is 0.748 e. The molecule has 0 heterocycles. The zero-order valence-electron chi connectivity index (χ0n) is 7.60.